The van der Waals surface area contributed by atoms with E-state index in [1.165, 1.54) is 0 Å². The van der Waals surface area contributed by atoms with Gasteiger partial charge in [0.15, 0.2) is 12.2 Å². The highest BCUT2D eigenvalue weighted by Gasteiger charge is 2.47. The monoisotopic (exact) mass is 488 g/mol. The second-order valence-electron chi connectivity index (χ2n) is 9.97. The largest absolute Gasteiger partial charge is 0.478 e. The van der Waals surface area contributed by atoms with Gasteiger partial charge in [0.25, 0.3) is 0 Å². The number of anilines is 2. The first-order valence-corrected chi connectivity index (χ1v) is 12.5. The van der Waals surface area contributed by atoms with Gasteiger partial charge in [-0.1, -0.05) is 0 Å². The Morgan fingerprint density at radius 1 is 1.29 bits per heavy atom. The Balaban J connectivity index is 1.46. The summed E-state index contributed by atoms with van der Waals surface area (Å²) in [6, 6.07) is 2.31. The van der Waals surface area contributed by atoms with E-state index in [1.807, 2.05) is 6.92 Å². The topological polar surface area (TPSA) is 115 Å². The van der Waals surface area contributed by atoms with Crippen molar-refractivity contribution in [3.63, 3.8) is 0 Å². The Morgan fingerprint density at radius 3 is 2.83 bits per heavy atom. The molecule has 3 atom stereocenters. The number of fused-ring (bicyclic) bond motifs is 1. The number of methoxy groups -OCH3 is 1. The average Bonchev–Trinajstić information content (AvgIpc) is 3.34. The molecular weight excluding hydrogens is 448 g/mol. The molecule has 11 nitrogen and oxygen atoms in total. The lowest BCUT2D eigenvalue weighted by Gasteiger charge is -2.49. The van der Waals surface area contributed by atoms with Crippen LogP contribution >= 0.6 is 0 Å². The van der Waals surface area contributed by atoms with Crippen molar-refractivity contribution in [1.82, 2.24) is 34.9 Å². The number of piperazine rings is 1. The van der Waals surface area contributed by atoms with Gasteiger partial charge in [-0.3, -0.25) is 19.8 Å². The summed E-state index contributed by atoms with van der Waals surface area (Å²) in [6.07, 6.45) is 1.96. The highest BCUT2D eigenvalue weighted by molar-refractivity contribution is 5.57. The van der Waals surface area contributed by atoms with Gasteiger partial charge in [-0.25, -0.2) is 4.98 Å². The second-order valence-corrected chi connectivity index (χ2v) is 9.97. The third-order valence-electron chi connectivity index (χ3n) is 7.21. The molecule has 0 aliphatic carbocycles. The normalized spacial score (nSPS) is 23.9. The van der Waals surface area contributed by atoms with Gasteiger partial charge >= 0.3 is 0 Å². The SMILES string of the molecule is CCOc1ccnc(Nc2n[nH]c3c2CN(C(O)N2C[C@@H](C)N(CCCOC)C[C@@H]2C)C3(C)C)n1. The molecule has 2 aromatic rings. The minimum Gasteiger partial charge on any atom is -0.478 e. The Morgan fingerprint density at radius 2 is 2.09 bits per heavy atom. The first kappa shape index (κ1) is 25.8. The number of ether oxygens (including phenoxy) is 2. The molecule has 4 rings (SSSR count). The van der Waals surface area contributed by atoms with E-state index < -0.39 is 11.9 Å². The molecule has 0 radical (unpaired) electrons. The molecule has 1 unspecified atom stereocenters. The number of H-pyrrole nitrogens is 1. The van der Waals surface area contributed by atoms with E-state index in [9.17, 15) is 5.11 Å². The standard InChI is InChI=1S/C24H40N8O3/c1-7-35-19-9-10-25-22(26-19)27-21-18-15-32(24(4,5)20(18)28-29-21)23(33)31-14-16(2)30(13-17(31)3)11-8-12-34-6/h9-10,16-17,23,33H,7-8,11-15H2,1-6H3,(H2,25,26,27,28,29)/t16-,17+,23?/m1/s1. The zero-order chi connectivity index (χ0) is 25.2. The summed E-state index contributed by atoms with van der Waals surface area (Å²) in [7, 11) is 1.75. The van der Waals surface area contributed by atoms with E-state index in [4.69, 9.17) is 9.47 Å². The summed E-state index contributed by atoms with van der Waals surface area (Å²) in [5, 5.41) is 22.5. The van der Waals surface area contributed by atoms with Crippen LogP contribution in [-0.4, -0.2) is 98.4 Å². The van der Waals surface area contributed by atoms with Crippen LogP contribution in [0.5, 0.6) is 5.88 Å². The number of nitrogens with zero attached hydrogens (tertiary/aromatic N) is 6. The first-order chi connectivity index (χ1) is 16.8. The molecule has 2 aromatic heterocycles. The lowest BCUT2D eigenvalue weighted by Crippen LogP contribution is -2.63. The first-order valence-electron chi connectivity index (χ1n) is 12.5. The third-order valence-corrected chi connectivity index (χ3v) is 7.21. The Bertz CT molecular complexity index is 983. The van der Waals surface area contributed by atoms with Gasteiger partial charge in [0.05, 0.1) is 17.8 Å². The van der Waals surface area contributed by atoms with Gasteiger partial charge in [0, 0.05) is 69.8 Å². The molecular formula is C24H40N8O3. The summed E-state index contributed by atoms with van der Waals surface area (Å²) < 4.78 is 10.7. The number of hydrogen-bond acceptors (Lipinski definition) is 10. The molecule has 3 N–H and O–H groups in total. The van der Waals surface area contributed by atoms with Crippen LogP contribution in [0.2, 0.25) is 0 Å². The molecule has 1 fully saturated rings. The van der Waals surface area contributed by atoms with E-state index in [2.05, 4.69) is 67.9 Å². The van der Waals surface area contributed by atoms with Crippen LogP contribution in [0.25, 0.3) is 0 Å². The summed E-state index contributed by atoms with van der Waals surface area (Å²) >= 11 is 0. The number of aromatic nitrogens is 4. The van der Waals surface area contributed by atoms with Crippen molar-refractivity contribution < 1.29 is 14.6 Å². The molecule has 0 saturated carbocycles. The van der Waals surface area contributed by atoms with Crippen LogP contribution in [0.1, 0.15) is 52.3 Å². The van der Waals surface area contributed by atoms with Crippen molar-refractivity contribution in [2.75, 3.05) is 45.3 Å². The average molecular weight is 489 g/mol. The van der Waals surface area contributed by atoms with E-state index in [-0.39, 0.29) is 6.04 Å². The number of aliphatic hydroxyl groups is 1. The molecule has 2 aliphatic heterocycles. The third kappa shape index (κ3) is 5.29. The molecule has 35 heavy (non-hydrogen) atoms. The number of rotatable bonds is 10. The number of aliphatic hydroxyl groups excluding tert-OH is 1. The van der Waals surface area contributed by atoms with Crippen LogP contribution in [0.4, 0.5) is 11.8 Å². The lowest BCUT2D eigenvalue weighted by molar-refractivity contribution is -0.179. The van der Waals surface area contributed by atoms with Gasteiger partial charge in [-0.05, 0) is 41.0 Å². The fourth-order valence-corrected chi connectivity index (χ4v) is 5.20. The molecule has 2 aliphatic rings. The predicted molar refractivity (Wildman–Crippen MR) is 133 cm³/mol. The highest BCUT2D eigenvalue weighted by atomic mass is 16.5. The van der Waals surface area contributed by atoms with Crippen molar-refractivity contribution in [1.29, 1.82) is 0 Å². The Labute approximate surface area is 207 Å². The zero-order valence-electron chi connectivity index (χ0n) is 21.8. The van der Waals surface area contributed by atoms with Gasteiger partial charge in [-0.15, -0.1) is 0 Å². The van der Waals surface area contributed by atoms with Crippen LogP contribution in [-0.2, 0) is 16.8 Å². The Hall–Kier alpha value is -2.31. The zero-order valence-corrected chi connectivity index (χ0v) is 21.8. The maximum atomic E-state index is 11.6. The minimum absolute atomic E-state index is 0.226. The summed E-state index contributed by atoms with van der Waals surface area (Å²) in [5.41, 5.74) is 1.58. The minimum atomic E-state index is -0.713. The molecule has 0 aromatic carbocycles. The maximum absolute atomic E-state index is 11.6. The molecule has 4 heterocycles. The predicted octanol–water partition coefficient (Wildman–Crippen LogP) is 2.10. The fraction of sp³-hybridized carbons (Fsp3) is 0.708. The summed E-state index contributed by atoms with van der Waals surface area (Å²) in [5.74, 6) is 1.61. The number of hydrogen-bond donors (Lipinski definition) is 3. The smallest absolute Gasteiger partial charge is 0.231 e. The summed E-state index contributed by atoms with van der Waals surface area (Å²) in [4.78, 5) is 15.5. The van der Waals surface area contributed by atoms with Crippen LogP contribution < -0.4 is 10.1 Å². The molecule has 11 heteroatoms. The molecule has 0 bridgehead atoms. The van der Waals surface area contributed by atoms with Crippen molar-refractivity contribution in [2.24, 2.45) is 0 Å². The van der Waals surface area contributed by atoms with Crippen LogP contribution in [0, 0.1) is 0 Å². The van der Waals surface area contributed by atoms with E-state index >= 15 is 0 Å². The number of nitrogens with one attached hydrogen (secondary N) is 2. The lowest BCUT2D eigenvalue weighted by atomic mass is 10.0. The highest BCUT2D eigenvalue weighted by Crippen LogP contribution is 2.42. The molecule has 1 saturated heterocycles. The quantitative estimate of drug-likeness (QED) is 0.430. The van der Waals surface area contributed by atoms with Crippen molar-refractivity contribution in [2.45, 2.75) is 71.6 Å². The van der Waals surface area contributed by atoms with Crippen molar-refractivity contribution in [3.8, 4) is 5.88 Å². The molecule has 0 spiro atoms. The molecule has 194 valence electrons. The van der Waals surface area contributed by atoms with Gasteiger partial charge in [-0.2, -0.15) is 10.1 Å². The van der Waals surface area contributed by atoms with E-state index in [1.54, 1.807) is 19.4 Å². The van der Waals surface area contributed by atoms with Crippen LogP contribution in [0.3, 0.4) is 0 Å². The Kier molecular flexibility index (Phi) is 7.92. The van der Waals surface area contributed by atoms with E-state index in [0.29, 0.717) is 36.8 Å². The molecule has 0 amide bonds. The van der Waals surface area contributed by atoms with Crippen molar-refractivity contribution in [3.05, 3.63) is 23.5 Å². The van der Waals surface area contributed by atoms with Crippen LogP contribution in [0.15, 0.2) is 12.3 Å². The van der Waals surface area contributed by atoms with E-state index in [0.717, 1.165) is 43.9 Å². The fourth-order valence-electron chi connectivity index (χ4n) is 5.20. The van der Waals surface area contributed by atoms with Gasteiger partial charge < -0.3 is 19.9 Å². The number of aromatic amines is 1. The van der Waals surface area contributed by atoms with Crippen molar-refractivity contribution >= 4 is 11.8 Å². The maximum Gasteiger partial charge on any atom is 0.231 e. The van der Waals surface area contributed by atoms with Gasteiger partial charge in [0.2, 0.25) is 11.8 Å². The second kappa shape index (κ2) is 10.8. The summed E-state index contributed by atoms with van der Waals surface area (Å²) in [6.45, 7) is 15.2. The van der Waals surface area contributed by atoms with Gasteiger partial charge in [0.1, 0.15) is 0 Å².